The SMILES string of the molecule is COc1cc(/C=C/C(=O)OCC(=O)N2CCN(c3ccccc3F)CC2)ccc1O. The highest BCUT2D eigenvalue weighted by atomic mass is 19.1. The summed E-state index contributed by atoms with van der Waals surface area (Å²) < 4.78 is 23.9. The van der Waals surface area contributed by atoms with Gasteiger partial charge in [-0.3, -0.25) is 4.79 Å². The molecule has 158 valence electrons. The van der Waals surface area contributed by atoms with Crippen molar-refractivity contribution in [1.29, 1.82) is 0 Å². The number of carbonyl (C=O) groups is 2. The fourth-order valence-electron chi connectivity index (χ4n) is 3.14. The van der Waals surface area contributed by atoms with Gasteiger partial charge in [0.1, 0.15) is 5.82 Å². The smallest absolute Gasteiger partial charge is 0.331 e. The second kappa shape index (κ2) is 9.78. The molecule has 1 aliphatic rings. The predicted molar refractivity (Wildman–Crippen MR) is 110 cm³/mol. The van der Waals surface area contributed by atoms with E-state index < -0.39 is 5.97 Å². The van der Waals surface area contributed by atoms with Gasteiger partial charge in [-0.2, -0.15) is 0 Å². The van der Waals surface area contributed by atoms with Crippen LogP contribution in [0.4, 0.5) is 10.1 Å². The largest absolute Gasteiger partial charge is 0.504 e. The molecule has 1 N–H and O–H groups in total. The van der Waals surface area contributed by atoms with Crippen molar-refractivity contribution >= 4 is 23.6 Å². The molecule has 3 rings (SSSR count). The summed E-state index contributed by atoms with van der Waals surface area (Å²) in [5.74, 6) is -0.950. The first-order chi connectivity index (χ1) is 14.5. The zero-order valence-corrected chi connectivity index (χ0v) is 16.6. The van der Waals surface area contributed by atoms with Crippen LogP contribution in [0.3, 0.4) is 0 Å². The fraction of sp³-hybridized carbons (Fsp3) is 0.273. The molecular weight excluding hydrogens is 391 g/mol. The van der Waals surface area contributed by atoms with Gasteiger partial charge in [-0.05, 0) is 35.9 Å². The lowest BCUT2D eigenvalue weighted by molar-refractivity contribution is -0.148. The number of hydrogen-bond acceptors (Lipinski definition) is 6. The summed E-state index contributed by atoms with van der Waals surface area (Å²) in [5, 5.41) is 9.57. The quantitative estimate of drug-likeness (QED) is 0.578. The van der Waals surface area contributed by atoms with Crippen LogP contribution in [0.2, 0.25) is 0 Å². The van der Waals surface area contributed by atoms with Crippen LogP contribution >= 0.6 is 0 Å². The van der Waals surface area contributed by atoms with Gasteiger partial charge in [0, 0.05) is 32.3 Å². The minimum atomic E-state index is -0.652. The van der Waals surface area contributed by atoms with E-state index >= 15 is 0 Å². The van der Waals surface area contributed by atoms with Gasteiger partial charge in [0.25, 0.3) is 5.91 Å². The van der Waals surface area contributed by atoms with Crippen molar-refractivity contribution in [3.63, 3.8) is 0 Å². The molecule has 2 aromatic carbocycles. The Morgan fingerprint density at radius 3 is 2.57 bits per heavy atom. The summed E-state index contributed by atoms with van der Waals surface area (Å²) in [7, 11) is 1.43. The Balaban J connectivity index is 1.45. The van der Waals surface area contributed by atoms with Crippen LogP contribution in [-0.4, -0.2) is 61.8 Å². The predicted octanol–water partition coefficient (Wildman–Crippen LogP) is 2.45. The topological polar surface area (TPSA) is 79.3 Å². The first-order valence-electron chi connectivity index (χ1n) is 9.47. The fourth-order valence-corrected chi connectivity index (χ4v) is 3.14. The number of anilines is 1. The summed E-state index contributed by atoms with van der Waals surface area (Å²) in [6, 6.07) is 11.2. The van der Waals surface area contributed by atoms with Crippen LogP contribution in [0, 0.1) is 5.82 Å². The Bertz CT molecular complexity index is 939. The van der Waals surface area contributed by atoms with Crippen molar-refractivity contribution in [2.45, 2.75) is 0 Å². The van der Waals surface area contributed by atoms with E-state index in [4.69, 9.17) is 9.47 Å². The number of halogens is 1. The summed E-state index contributed by atoms with van der Waals surface area (Å²) in [4.78, 5) is 27.7. The number of amides is 1. The van der Waals surface area contributed by atoms with E-state index in [1.165, 1.54) is 31.4 Å². The molecule has 0 aliphatic carbocycles. The zero-order valence-electron chi connectivity index (χ0n) is 16.6. The van der Waals surface area contributed by atoms with Crippen LogP contribution in [0.5, 0.6) is 11.5 Å². The maximum Gasteiger partial charge on any atom is 0.331 e. The number of hydrogen-bond donors (Lipinski definition) is 1. The second-order valence-corrected chi connectivity index (χ2v) is 6.69. The van der Waals surface area contributed by atoms with Crippen molar-refractivity contribution in [2.75, 3.05) is 44.8 Å². The van der Waals surface area contributed by atoms with E-state index in [9.17, 15) is 19.1 Å². The van der Waals surface area contributed by atoms with Crippen molar-refractivity contribution in [1.82, 2.24) is 4.90 Å². The van der Waals surface area contributed by atoms with Gasteiger partial charge >= 0.3 is 5.97 Å². The average Bonchev–Trinajstić information content (AvgIpc) is 2.77. The number of aromatic hydroxyl groups is 1. The molecule has 0 radical (unpaired) electrons. The van der Waals surface area contributed by atoms with Gasteiger partial charge in [0.05, 0.1) is 12.8 Å². The molecule has 0 atom stereocenters. The number of nitrogens with zero attached hydrogens (tertiary/aromatic N) is 2. The number of phenolic OH excluding ortho intramolecular Hbond substituents is 1. The van der Waals surface area contributed by atoms with Crippen molar-refractivity contribution in [3.8, 4) is 11.5 Å². The molecule has 0 spiro atoms. The molecule has 1 amide bonds. The minimum Gasteiger partial charge on any atom is -0.504 e. The van der Waals surface area contributed by atoms with Gasteiger partial charge in [-0.15, -0.1) is 0 Å². The maximum atomic E-state index is 13.9. The van der Waals surface area contributed by atoms with Gasteiger partial charge in [-0.25, -0.2) is 9.18 Å². The molecule has 0 unspecified atom stereocenters. The molecule has 1 aliphatic heterocycles. The minimum absolute atomic E-state index is 0.00192. The first-order valence-corrected chi connectivity index (χ1v) is 9.47. The number of ether oxygens (including phenoxy) is 2. The number of methoxy groups -OCH3 is 1. The molecule has 0 saturated carbocycles. The number of phenols is 1. The Morgan fingerprint density at radius 2 is 1.87 bits per heavy atom. The number of benzene rings is 2. The van der Waals surface area contributed by atoms with E-state index in [2.05, 4.69) is 0 Å². The Labute approximate surface area is 173 Å². The third-order valence-electron chi connectivity index (χ3n) is 4.78. The van der Waals surface area contributed by atoms with Gasteiger partial charge < -0.3 is 24.4 Å². The molecule has 8 heteroatoms. The van der Waals surface area contributed by atoms with Crippen molar-refractivity contribution < 1.29 is 28.6 Å². The molecule has 0 bridgehead atoms. The molecule has 7 nitrogen and oxygen atoms in total. The highest BCUT2D eigenvalue weighted by molar-refractivity contribution is 5.89. The van der Waals surface area contributed by atoms with Crippen molar-refractivity contribution in [2.24, 2.45) is 0 Å². The van der Waals surface area contributed by atoms with Gasteiger partial charge in [-0.1, -0.05) is 18.2 Å². The highest BCUT2D eigenvalue weighted by Crippen LogP contribution is 2.26. The second-order valence-electron chi connectivity index (χ2n) is 6.69. The standard InChI is InChI=1S/C22H23FN2O5/c1-29-20-14-16(6-8-19(20)26)7-9-22(28)30-15-21(27)25-12-10-24(11-13-25)18-5-3-2-4-17(18)23/h2-9,14,26H,10-13,15H2,1H3/b9-7+. The van der Waals surface area contributed by atoms with E-state index in [0.29, 0.717) is 37.4 Å². The van der Waals surface area contributed by atoms with E-state index in [1.54, 1.807) is 35.2 Å². The monoisotopic (exact) mass is 414 g/mol. The summed E-state index contributed by atoms with van der Waals surface area (Å²) in [5.41, 5.74) is 1.16. The maximum absolute atomic E-state index is 13.9. The third-order valence-corrected chi connectivity index (χ3v) is 4.78. The van der Waals surface area contributed by atoms with Gasteiger partial charge in [0.15, 0.2) is 18.1 Å². The lowest BCUT2D eigenvalue weighted by atomic mass is 10.2. The Kier molecular flexibility index (Phi) is 6.90. The molecule has 1 fully saturated rings. The molecular formula is C22H23FN2O5. The van der Waals surface area contributed by atoms with Crippen LogP contribution in [0.1, 0.15) is 5.56 Å². The number of rotatable bonds is 6. The molecule has 2 aromatic rings. The lowest BCUT2D eigenvalue weighted by Crippen LogP contribution is -2.50. The Morgan fingerprint density at radius 1 is 1.13 bits per heavy atom. The number of carbonyl (C=O) groups excluding carboxylic acids is 2. The van der Waals surface area contributed by atoms with E-state index in [-0.39, 0.29) is 29.8 Å². The summed E-state index contributed by atoms with van der Waals surface area (Å²) in [6.45, 7) is 1.50. The summed E-state index contributed by atoms with van der Waals surface area (Å²) >= 11 is 0. The zero-order chi connectivity index (χ0) is 21.5. The molecule has 0 aromatic heterocycles. The Hall–Kier alpha value is -3.55. The molecule has 1 heterocycles. The first kappa shape index (κ1) is 21.2. The summed E-state index contributed by atoms with van der Waals surface area (Å²) in [6.07, 6.45) is 2.71. The van der Waals surface area contributed by atoms with E-state index in [1.807, 2.05) is 4.90 Å². The van der Waals surface area contributed by atoms with Crippen LogP contribution in [0.25, 0.3) is 6.08 Å². The highest BCUT2D eigenvalue weighted by Gasteiger charge is 2.23. The molecule has 1 saturated heterocycles. The number of para-hydroxylation sites is 1. The third kappa shape index (κ3) is 5.28. The normalized spacial score (nSPS) is 14.1. The van der Waals surface area contributed by atoms with Crippen molar-refractivity contribution in [3.05, 3.63) is 59.9 Å². The number of piperazine rings is 1. The van der Waals surface area contributed by atoms with Crippen LogP contribution in [0.15, 0.2) is 48.5 Å². The number of esters is 1. The van der Waals surface area contributed by atoms with Crippen LogP contribution < -0.4 is 9.64 Å². The van der Waals surface area contributed by atoms with Crippen LogP contribution in [-0.2, 0) is 14.3 Å². The average molecular weight is 414 g/mol. The van der Waals surface area contributed by atoms with E-state index in [0.717, 1.165) is 0 Å². The van der Waals surface area contributed by atoms with Gasteiger partial charge in [0.2, 0.25) is 0 Å². The lowest BCUT2D eigenvalue weighted by Gasteiger charge is -2.36. The molecule has 30 heavy (non-hydrogen) atoms.